The summed E-state index contributed by atoms with van der Waals surface area (Å²) >= 11 is 1.89. The lowest BCUT2D eigenvalue weighted by Crippen LogP contribution is -2.55. The summed E-state index contributed by atoms with van der Waals surface area (Å²) in [5.74, 6) is 1.26. The smallest absolute Gasteiger partial charge is 0.321 e. The SMILES string of the molecule is CCc1ccccc1NC(=O)N1CCC2(CC1)SCCN2C(=O)C(C)C. The van der Waals surface area contributed by atoms with Crippen molar-refractivity contribution in [2.24, 2.45) is 5.92 Å². The highest BCUT2D eigenvalue weighted by Gasteiger charge is 2.47. The highest BCUT2D eigenvalue weighted by molar-refractivity contribution is 8.00. The van der Waals surface area contributed by atoms with Crippen molar-refractivity contribution in [1.29, 1.82) is 0 Å². The number of amides is 3. The Morgan fingerprint density at radius 1 is 1.19 bits per heavy atom. The Labute approximate surface area is 160 Å². The number of anilines is 1. The van der Waals surface area contributed by atoms with E-state index < -0.39 is 0 Å². The van der Waals surface area contributed by atoms with Crippen LogP contribution < -0.4 is 5.32 Å². The minimum Gasteiger partial charge on any atom is -0.327 e. The lowest BCUT2D eigenvalue weighted by atomic mass is 10.0. The predicted octanol–water partition coefficient (Wildman–Crippen LogP) is 3.80. The molecule has 2 fully saturated rings. The van der Waals surface area contributed by atoms with E-state index in [0.717, 1.165) is 42.8 Å². The molecular formula is C20H29N3O2S. The number of likely N-dealkylation sites (tertiary alicyclic amines) is 1. The number of nitrogens with one attached hydrogen (secondary N) is 1. The van der Waals surface area contributed by atoms with Crippen LogP contribution in [-0.4, -0.2) is 52.0 Å². The van der Waals surface area contributed by atoms with Gasteiger partial charge >= 0.3 is 6.03 Å². The first-order chi connectivity index (χ1) is 12.5. The minimum atomic E-state index is -0.112. The molecule has 0 aliphatic carbocycles. The monoisotopic (exact) mass is 375 g/mol. The van der Waals surface area contributed by atoms with Gasteiger partial charge in [-0.25, -0.2) is 4.79 Å². The fourth-order valence-electron chi connectivity index (χ4n) is 3.85. The van der Waals surface area contributed by atoms with Crippen LogP contribution in [0.1, 0.15) is 39.2 Å². The first-order valence-electron chi connectivity index (χ1n) is 9.56. The van der Waals surface area contributed by atoms with Crippen molar-refractivity contribution in [3.8, 4) is 0 Å². The molecule has 2 saturated heterocycles. The molecule has 1 N–H and O–H groups in total. The Morgan fingerprint density at radius 3 is 2.54 bits per heavy atom. The van der Waals surface area contributed by atoms with Crippen molar-refractivity contribution >= 4 is 29.4 Å². The van der Waals surface area contributed by atoms with Gasteiger partial charge in [-0.2, -0.15) is 0 Å². The van der Waals surface area contributed by atoms with E-state index in [9.17, 15) is 9.59 Å². The van der Waals surface area contributed by atoms with Crippen LogP contribution in [-0.2, 0) is 11.2 Å². The zero-order chi connectivity index (χ0) is 18.7. The molecule has 2 aliphatic rings. The second-order valence-corrected chi connectivity index (χ2v) is 8.82. The number of rotatable bonds is 3. The van der Waals surface area contributed by atoms with E-state index >= 15 is 0 Å². The number of benzene rings is 1. The van der Waals surface area contributed by atoms with Crippen LogP contribution in [0.3, 0.4) is 0 Å². The van der Waals surface area contributed by atoms with Crippen molar-refractivity contribution in [2.45, 2.75) is 44.9 Å². The quantitative estimate of drug-likeness (QED) is 0.874. The molecular weight excluding hydrogens is 346 g/mol. The topological polar surface area (TPSA) is 52.7 Å². The van der Waals surface area contributed by atoms with Crippen LogP contribution in [0.2, 0.25) is 0 Å². The summed E-state index contributed by atoms with van der Waals surface area (Å²) in [4.78, 5) is 29.1. The van der Waals surface area contributed by atoms with Crippen LogP contribution >= 0.6 is 11.8 Å². The average molecular weight is 376 g/mol. The maximum absolute atomic E-state index is 12.7. The molecule has 1 aromatic rings. The van der Waals surface area contributed by atoms with Gasteiger partial charge in [0.2, 0.25) is 5.91 Å². The summed E-state index contributed by atoms with van der Waals surface area (Å²) in [5.41, 5.74) is 2.04. The molecule has 2 heterocycles. The lowest BCUT2D eigenvalue weighted by molar-refractivity contribution is -0.137. The van der Waals surface area contributed by atoms with Gasteiger partial charge in [0.25, 0.3) is 0 Å². The van der Waals surface area contributed by atoms with Gasteiger partial charge in [0.05, 0.1) is 4.87 Å². The molecule has 26 heavy (non-hydrogen) atoms. The second-order valence-electron chi connectivity index (χ2n) is 7.37. The number of carbonyl (C=O) groups is 2. The molecule has 2 aliphatic heterocycles. The standard InChI is InChI=1S/C20H29N3O2S/c1-4-16-7-5-6-8-17(16)21-19(25)22-11-9-20(10-12-22)23(13-14-26-20)18(24)15(2)3/h5-8,15H,4,9-14H2,1-3H3,(H,21,25). The molecule has 5 nitrogen and oxygen atoms in total. The number of nitrogens with zero attached hydrogens (tertiary/aromatic N) is 2. The van der Waals surface area contributed by atoms with Crippen LogP contribution in [0.4, 0.5) is 10.5 Å². The summed E-state index contributed by atoms with van der Waals surface area (Å²) in [7, 11) is 0. The molecule has 1 aromatic carbocycles. The van der Waals surface area contributed by atoms with Gasteiger partial charge in [-0.15, -0.1) is 11.8 Å². The maximum atomic E-state index is 12.7. The van der Waals surface area contributed by atoms with Crippen molar-refractivity contribution in [1.82, 2.24) is 9.80 Å². The number of piperidine rings is 1. The average Bonchev–Trinajstić information content (AvgIpc) is 3.04. The molecule has 3 amide bonds. The van der Waals surface area contributed by atoms with Crippen LogP contribution in [0.15, 0.2) is 24.3 Å². The number of aryl methyl sites for hydroxylation is 1. The molecule has 0 saturated carbocycles. The van der Waals surface area contributed by atoms with Crippen LogP contribution in [0, 0.1) is 5.92 Å². The molecule has 3 rings (SSSR count). The molecule has 142 valence electrons. The van der Waals surface area contributed by atoms with Crippen molar-refractivity contribution in [2.75, 3.05) is 30.7 Å². The zero-order valence-corrected chi connectivity index (χ0v) is 16.8. The largest absolute Gasteiger partial charge is 0.327 e. The molecule has 0 atom stereocenters. The van der Waals surface area contributed by atoms with Gasteiger partial charge in [-0.3, -0.25) is 4.79 Å². The van der Waals surface area contributed by atoms with Gasteiger partial charge in [-0.1, -0.05) is 39.0 Å². The van der Waals surface area contributed by atoms with Crippen molar-refractivity contribution in [3.05, 3.63) is 29.8 Å². The van der Waals surface area contributed by atoms with Gasteiger partial charge in [-0.05, 0) is 30.9 Å². The van der Waals surface area contributed by atoms with Crippen molar-refractivity contribution in [3.63, 3.8) is 0 Å². The van der Waals surface area contributed by atoms with Gasteiger partial charge in [0.1, 0.15) is 0 Å². The number of hydrogen-bond acceptors (Lipinski definition) is 3. The fraction of sp³-hybridized carbons (Fsp3) is 0.600. The van der Waals surface area contributed by atoms with Gasteiger partial charge in [0.15, 0.2) is 0 Å². The normalized spacial score (nSPS) is 19.2. The van der Waals surface area contributed by atoms with E-state index in [2.05, 4.69) is 17.1 Å². The number of para-hydroxylation sites is 1. The Kier molecular flexibility index (Phi) is 5.80. The third-order valence-electron chi connectivity index (χ3n) is 5.41. The molecule has 0 radical (unpaired) electrons. The summed E-state index contributed by atoms with van der Waals surface area (Å²) in [6, 6.07) is 7.91. The second kappa shape index (κ2) is 7.91. The van der Waals surface area contributed by atoms with E-state index in [1.165, 1.54) is 0 Å². The molecule has 6 heteroatoms. The number of thioether (sulfide) groups is 1. The van der Waals surface area contributed by atoms with E-state index in [1.807, 2.05) is 54.8 Å². The summed E-state index contributed by atoms with van der Waals surface area (Å²) in [6.45, 7) is 8.23. The number of hydrogen-bond donors (Lipinski definition) is 1. The Bertz CT molecular complexity index is 669. The third-order valence-corrected chi connectivity index (χ3v) is 6.96. The lowest BCUT2D eigenvalue weighted by Gasteiger charge is -2.44. The zero-order valence-electron chi connectivity index (χ0n) is 16.0. The summed E-state index contributed by atoms with van der Waals surface area (Å²) < 4.78 is 0. The third kappa shape index (κ3) is 3.70. The Morgan fingerprint density at radius 2 is 1.88 bits per heavy atom. The Hall–Kier alpha value is -1.69. The maximum Gasteiger partial charge on any atom is 0.321 e. The van der Waals surface area contributed by atoms with E-state index in [1.54, 1.807) is 0 Å². The number of carbonyl (C=O) groups excluding carboxylic acids is 2. The van der Waals surface area contributed by atoms with Crippen LogP contribution in [0.25, 0.3) is 0 Å². The Balaban J connectivity index is 1.63. The van der Waals surface area contributed by atoms with Gasteiger partial charge in [0, 0.05) is 37.0 Å². The molecule has 0 unspecified atom stereocenters. The highest BCUT2D eigenvalue weighted by atomic mass is 32.2. The van der Waals surface area contributed by atoms with Gasteiger partial charge < -0.3 is 15.1 Å². The highest BCUT2D eigenvalue weighted by Crippen LogP contribution is 2.44. The predicted molar refractivity (Wildman–Crippen MR) is 107 cm³/mol. The van der Waals surface area contributed by atoms with E-state index in [0.29, 0.717) is 13.1 Å². The van der Waals surface area contributed by atoms with E-state index in [4.69, 9.17) is 0 Å². The summed E-state index contributed by atoms with van der Waals surface area (Å²) in [5, 5.41) is 3.06. The molecule has 0 bridgehead atoms. The first-order valence-corrected chi connectivity index (χ1v) is 10.5. The first kappa shape index (κ1) is 19.1. The fourth-order valence-corrected chi connectivity index (χ4v) is 5.31. The minimum absolute atomic E-state index is 0.0254. The van der Waals surface area contributed by atoms with Crippen LogP contribution in [0.5, 0.6) is 0 Å². The summed E-state index contributed by atoms with van der Waals surface area (Å²) in [6.07, 6.45) is 2.58. The number of urea groups is 1. The van der Waals surface area contributed by atoms with E-state index in [-0.39, 0.29) is 22.7 Å². The molecule has 1 spiro atoms. The molecule has 0 aromatic heterocycles. The van der Waals surface area contributed by atoms with Crippen molar-refractivity contribution < 1.29 is 9.59 Å².